The Morgan fingerprint density at radius 2 is 2.24 bits per heavy atom. The molecule has 0 bridgehead atoms. The SMILES string of the molecule is CCCN(CC(=O)NC)Cc1cccc(O)c1. The molecule has 0 radical (unpaired) electrons. The third kappa shape index (κ3) is 4.87. The molecule has 1 aromatic rings. The van der Waals surface area contributed by atoms with Gasteiger partial charge >= 0.3 is 0 Å². The lowest BCUT2D eigenvalue weighted by molar-refractivity contribution is -0.121. The summed E-state index contributed by atoms with van der Waals surface area (Å²) in [6.45, 7) is 4.01. The van der Waals surface area contributed by atoms with Gasteiger partial charge in [-0.2, -0.15) is 0 Å². The van der Waals surface area contributed by atoms with Gasteiger partial charge in [0, 0.05) is 13.6 Å². The lowest BCUT2D eigenvalue weighted by atomic mass is 10.2. The summed E-state index contributed by atoms with van der Waals surface area (Å²) in [4.78, 5) is 13.4. The summed E-state index contributed by atoms with van der Waals surface area (Å²) in [6.07, 6.45) is 0.996. The van der Waals surface area contributed by atoms with Crippen molar-refractivity contribution in [2.45, 2.75) is 19.9 Å². The number of likely N-dealkylation sites (N-methyl/N-ethyl adjacent to an activating group) is 1. The zero-order valence-electron chi connectivity index (χ0n) is 10.4. The number of rotatable bonds is 6. The molecular formula is C13H20N2O2. The van der Waals surface area contributed by atoms with E-state index in [2.05, 4.69) is 17.1 Å². The molecule has 1 rings (SSSR count). The fraction of sp³-hybridized carbons (Fsp3) is 0.462. The molecule has 0 heterocycles. The van der Waals surface area contributed by atoms with Crippen LogP contribution < -0.4 is 5.32 Å². The third-order valence-corrected chi connectivity index (χ3v) is 2.50. The number of aromatic hydroxyl groups is 1. The Labute approximate surface area is 102 Å². The molecule has 94 valence electrons. The number of phenols is 1. The van der Waals surface area contributed by atoms with Gasteiger partial charge in [-0.25, -0.2) is 0 Å². The first-order valence-electron chi connectivity index (χ1n) is 5.86. The number of benzene rings is 1. The molecule has 0 fully saturated rings. The Morgan fingerprint density at radius 1 is 1.47 bits per heavy atom. The van der Waals surface area contributed by atoms with Crippen molar-refractivity contribution in [2.24, 2.45) is 0 Å². The molecule has 0 aromatic heterocycles. The van der Waals surface area contributed by atoms with Crippen LogP contribution in [-0.4, -0.2) is 36.1 Å². The van der Waals surface area contributed by atoms with Crippen molar-refractivity contribution >= 4 is 5.91 Å². The second kappa shape index (κ2) is 6.91. The van der Waals surface area contributed by atoms with E-state index in [-0.39, 0.29) is 11.7 Å². The lowest BCUT2D eigenvalue weighted by Gasteiger charge is -2.20. The number of nitrogens with zero attached hydrogens (tertiary/aromatic N) is 1. The number of carbonyl (C=O) groups excluding carboxylic acids is 1. The highest BCUT2D eigenvalue weighted by Gasteiger charge is 2.09. The van der Waals surface area contributed by atoms with Crippen LogP contribution in [0.2, 0.25) is 0 Å². The normalized spacial score (nSPS) is 10.5. The Balaban J connectivity index is 2.62. The molecule has 0 atom stereocenters. The minimum Gasteiger partial charge on any atom is -0.508 e. The van der Waals surface area contributed by atoms with Crippen molar-refractivity contribution in [3.05, 3.63) is 29.8 Å². The Morgan fingerprint density at radius 3 is 2.82 bits per heavy atom. The zero-order valence-corrected chi connectivity index (χ0v) is 10.4. The van der Waals surface area contributed by atoms with Crippen LogP contribution in [0.25, 0.3) is 0 Å². The molecule has 0 saturated heterocycles. The van der Waals surface area contributed by atoms with E-state index in [9.17, 15) is 9.90 Å². The molecule has 0 aliphatic heterocycles. The second-order valence-corrected chi connectivity index (χ2v) is 4.05. The van der Waals surface area contributed by atoms with Crippen LogP contribution >= 0.6 is 0 Å². The van der Waals surface area contributed by atoms with Crippen molar-refractivity contribution < 1.29 is 9.90 Å². The first-order chi connectivity index (χ1) is 8.15. The van der Waals surface area contributed by atoms with E-state index in [0.29, 0.717) is 13.1 Å². The van der Waals surface area contributed by atoms with Crippen molar-refractivity contribution in [1.82, 2.24) is 10.2 Å². The zero-order chi connectivity index (χ0) is 12.7. The summed E-state index contributed by atoms with van der Waals surface area (Å²) in [6, 6.07) is 7.14. The summed E-state index contributed by atoms with van der Waals surface area (Å²) >= 11 is 0. The highest BCUT2D eigenvalue weighted by Crippen LogP contribution is 2.13. The van der Waals surface area contributed by atoms with Crippen LogP contribution in [-0.2, 0) is 11.3 Å². The van der Waals surface area contributed by atoms with Gasteiger partial charge in [0.05, 0.1) is 6.54 Å². The van der Waals surface area contributed by atoms with Gasteiger partial charge in [0.25, 0.3) is 0 Å². The predicted octanol–water partition coefficient (Wildman–Crippen LogP) is 1.35. The average Bonchev–Trinajstić information content (AvgIpc) is 2.29. The third-order valence-electron chi connectivity index (χ3n) is 2.50. The summed E-state index contributed by atoms with van der Waals surface area (Å²) in [5.41, 5.74) is 1.02. The van der Waals surface area contributed by atoms with Crippen LogP contribution in [0.3, 0.4) is 0 Å². The molecular weight excluding hydrogens is 216 g/mol. The first-order valence-corrected chi connectivity index (χ1v) is 5.86. The fourth-order valence-corrected chi connectivity index (χ4v) is 1.73. The molecule has 0 spiro atoms. The monoisotopic (exact) mass is 236 g/mol. The molecule has 4 nitrogen and oxygen atoms in total. The van der Waals surface area contributed by atoms with Crippen molar-refractivity contribution in [3.63, 3.8) is 0 Å². The molecule has 4 heteroatoms. The number of phenolic OH excluding ortho intramolecular Hbond substituents is 1. The highest BCUT2D eigenvalue weighted by molar-refractivity contribution is 5.77. The topological polar surface area (TPSA) is 52.6 Å². The Hall–Kier alpha value is -1.55. The summed E-state index contributed by atoms with van der Waals surface area (Å²) < 4.78 is 0. The number of hydrogen-bond donors (Lipinski definition) is 2. The van der Waals surface area contributed by atoms with Gasteiger partial charge in [0.1, 0.15) is 5.75 Å². The maximum atomic E-state index is 11.4. The van der Waals surface area contributed by atoms with Gasteiger partial charge in [-0.15, -0.1) is 0 Å². The molecule has 0 unspecified atom stereocenters. The van der Waals surface area contributed by atoms with Crippen molar-refractivity contribution in [2.75, 3.05) is 20.1 Å². The van der Waals surface area contributed by atoms with E-state index in [1.165, 1.54) is 0 Å². The second-order valence-electron chi connectivity index (χ2n) is 4.05. The van der Waals surface area contributed by atoms with Gasteiger partial charge in [-0.05, 0) is 30.7 Å². The van der Waals surface area contributed by atoms with Crippen LogP contribution in [0.1, 0.15) is 18.9 Å². The van der Waals surface area contributed by atoms with Crippen LogP contribution in [0.15, 0.2) is 24.3 Å². The van der Waals surface area contributed by atoms with Crippen LogP contribution in [0.5, 0.6) is 5.75 Å². The molecule has 1 aromatic carbocycles. The maximum absolute atomic E-state index is 11.4. The fourth-order valence-electron chi connectivity index (χ4n) is 1.73. The molecule has 0 aliphatic carbocycles. The smallest absolute Gasteiger partial charge is 0.233 e. The van der Waals surface area contributed by atoms with Crippen LogP contribution in [0, 0.1) is 0 Å². The van der Waals surface area contributed by atoms with E-state index in [1.807, 2.05) is 12.1 Å². The van der Waals surface area contributed by atoms with Gasteiger partial charge in [-0.3, -0.25) is 9.69 Å². The van der Waals surface area contributed by atoms with Gasteiger partial charge < -0.3 is 10.4 Å². The first kappa shape index (κ1) is 13.5. The minimum atomic E-state index is 0.0126. The predicted molar refractivity (Wildman–Crippen MR) is 67.7 cm³/mol. The van der Waals surface area contributed by atoms with Gasteiger partial charge in [-0.1, -0.05) is 19.1 Å². The number of hydrogen-bond acceptors (Lipinski definition) is 3. The lowest BCUT2D eigenvalue weighted by Crippen LogP contribution is -2.35. The minimum absolute atomic E-state index is 0.0126. The maximum Gasteiger partial charge on any atom is 0.233 e. The summed E-state index contributed by atoms with van der Waals surface area (Å²) in [5.74, 6) is 0.275. The van der Waals surface area contributed by atoms with E-state index in [4.69, 9.17) is 0 Å². The van der Waals surface area contributed by atoms with Crippen molar-refractivity contribution in [1.29, 1.82) is 0 Å². The average molecular weight is 236 g/mol. The quantitative estimate of drug-likeness (QED) is 0.784. The Kier molecular flexibility index (Phi) is 5.49. The molecule has 0 saturated carbocycles. The molecule has 0 aliphatic rings. The molecule has 17 heavy (non-hydrogen) atoms. The number of carbonyl (C=O) groups is 1. The molecule has 1 amide bonds. The van der Waals surface area contributed by atoms with Crippen LogP contribution in [0.4, 0.5) is 0 Å². The van der Waals surface area contributed by atoms with E-state index in [0.717, 1.165) is 18.5 Å². The number of nitrogens with one attached hydrogen (secondary N) is 1. The largest absolute Gasteiger partial charge is 0.508 e. The van der Waals surface area contributed by atoms with Gasteiger partial charge in [0.15, 0.2) is 0 Å². The summed E-state index contributed by atoms with van der Waals surface area (Å²) in [5, 5.41) is 12.0. The summed E-state index contributed by atoms with van der Waals surface area (Å²) in [7, 11) is 1.64. The van der Waals surface area contributed by atoms with Crippen molar-refractivity contribution in [3.8, 4) is 5.75 Å². The molecule has 2 N–H and O–H groups in total. The standard InChI is InChI=1S/C13H20N2O2/c1-3-7-15(10-13(17)14-2)9-11-5-4-6-12(16)8-11/h4-6,8,16H,3,7,9-10H2,1-2H3,(H,14,17). The van der Waals surface area contributed by atoms with E-state index < -0.39 is 0 Å². The van der Waals surface area contributed by atoms with E-state index in [1.54, 1.807) is 19.2 Å². The number of amides is 1. The Bertz CT molecular complexity index is 366. The highest BCUT2D eigenvalue weighted by atomic mass is 16.3. The van der Waals surface area contributed by atoms with E-state index >= 15 is 0 Å². The van der Waals surface area contributed by atoms with Gasteiger partial charge in [0.2, 0.25) is 5.91 Å².